The van der Waals surface area contributed by atoms with Crippen LogP contribution in [0.1, 0.15) is 37.8 Å². The van der Waals surface area contributed by atoms with Crippen LogP contribution in [-0.4, -0.2) is 28.3 Å². The molecular formula is C14H23N3O2. The number of rotatable bonds is 7. The van der Waals surface area contributed by atoms with Gasteiger partial charge in [0.05, 0.1) is 6.61 Å². The summed E-state index contributed by atoms with van der Waals surface area (Å²) in [5.74, 6) is 0.0972. The predicted octanol–water partition coefficient (Wildman–Crippen LogP) is 1.42. The molecule has 1 aromatic rings. The van der Waals surface area contributed by atoms with Crippen molar-refractivity contribution in [2.24, 2.45) is 10.9 Å². The van der Waals surface area contributed by atoms with Gasteiger partial charge >= 0.3 is 0 Å². The maximum Gasteiger partial charge on any atom is 0.170 e. The summed E-state index contributed by atoms with van der Waals surface area (Å²) in [6.45, 7) is 4.74. The second-order valence-electron chi connectivity index (χ2n) is 4.64. The van der Waals surface area contributed by atoms with Crippen molar-refractivity contribution >= 4 is 5.84 Å². The SMILES string of the molecule is CCC(CC)(CO)NCc1ccccc1C(N)=NO. The zero-order chi connectivity index (χ0) is 14.3. The van der Waals surface area contributed by atoms with Crippen molar-refractivity contribution in [2.75, 3.05) is 6.61 Å². The molecule has 0 unspecified atom stereocenters. The number of amidine groups is 1. The van der Waals surface area contributed by atoms with Crippen LogP contribution in [-0.2, 0) is 6.54 Å². The first kappa shape index (κ1) is 15.5. The van der Waals surface area contributed by atoms with Gasteiger partial charge < -0.3 is 21.4 Å². The topological polar surface area (TPSA) is 90.9 Å². The number of nitrogens with zero attached hydrogens (tertiary/aromatic N) is 1. The first-order valence-electron chi connectivity index (χ1n) is 6.54. The van der Waals surface area contributed by atoms with Crippen LogP contribution in [0.3, 0.4) is 0 Å². The molecule has 5 N–H and O–H groups in total. The van der Waals surface area contributed by atoms with E-state index < -0.39 is 0 Å². The van der Waals surface area contributed by atoms with Crippen molar-refractivity contribution in [1.29, 1.82) is 0 Å². The van der Waals surface area contributed by atoms with Crippen molar-refractivity contribution in [3.63, 3.8) is 0 Å². The van der Waals surface area contributed by atoms with E-state index in [0.29, 0.717) is 12.1 Å². The summed E-state index contributed by atoms with van der Waals surface area (Å²) >= 11 is 0. The van der Waals surface area contributed by atoms with E-state index in [0.717, 1.165) is 18.4 Å². The lowest BCUT2D eigenvalue weighted by Gasteiger charge is -2.31. The van der Waals surface area contributed by atoms with Crippen molar-refractivity contribution in [3.05, 3.63) is 35.4 Å². The third kappa shape index (κ3) is 3.68. The zero-order valence-corrected chi connectivity index (χ0v) is 11.6. The lowest BCUT2D eigenvalue weighted by Crippen LogP contribution is -2.47. The second kappa shape index (κ2) is 7.11. The Morgan fingerprint density at radius 2 is 1.95 bits per heavy atom. The average molecular weight is 265 g/mol. The Labute approximate surface area is 114 Å². The third-order valence-electron chi connectivity index (χ3n) is 3.71. The summed E-state index contributed by atoms with van der Waals surface area (Å²) in [7, 11) is 0. The van der Waals surface area contributed by atoms with Crippen molar-refractivity contribution in [1.82, 2.24) is 5.32 Å². The lowest BCUT2D eigenvalue weighted by atomic mass is 9.93. The summed E-state index contributed by atoms with van der Waals surface area (Å²) in [4.78, 5) is 0. The van der Waals surface area contributed by atoms with Gasteiger partial charge in [0.2, 0.25) is 0 Å². The Balaban J connectivity index is 2.89. The molecule has 0 saturated heterocycles. The Morgan fingerprint density at radius 1 is 1.32 bits per heavy atom. The molecule has 0 aliphatic heterocycles. The summed E-state index contributed by atoms with van der Waals surface area (Å²) in [6.07, 6.45) is 1.68. The number of nitrogens with two attached hydrogens (primary N) is 1. The first-order chi connectivity index (χ1) is 9.12. The number of aliphatic hydroxyl groups excluding tert-OH is 1. The largest absolute Gasteiger partial charge is 0.409 e. The molecular weight excluding hydrogens is 242 g/mol. The molecule has 5 heteroatoms. The highest BCUT2D eigenvalue weighted by Gasteiger charge is 2.24. The van der Waals surface area contributed by atoms with Gasteiger partial charge in [0, 0.05) is 17.6 Å². The highest BCUT2D eigenvalue weighted by molar-refractivity contribution is 5.98. The van der Waals surface area contributed by atoms with Crippen LogP contribution in [0.5, 0.6) is 0 Å². The maximum absolute atomic E-state index is 9.53. The van der Waals surface area contributed by atoms with Crippen LogP contribution in [0.25, 0.3) is 0 Å². The molecule has 0 amide bonds. The van der Waals surface area contributed by atoms with E-state index in [4.69, 9.17) is 10.9 Å². The van der Waals surface area contributed by atoms with E-state index in [-0.39, 0.29) is 18.0 Å². The van der Waals surface area contributed by atoms with E-state index in [2.05, 4.69) is 10.5 Å². The van der Waals surface area contributed by atoms with Crippen LogP contribution in [0, 0.1) is 0 Å². The highest BCUT2D eigenvalue weighted by atomic mass is 16.4. The molecule has 0 aliphatic rings. The van der Waals surface area contributed by atoms with Crippen LogP contribution >= 0.6 is 0 Å². The molecule has 0 aromatic heterocycles. The molecule has 0 radical (unpaired) electrons. The maximum atomic E-state index is 9.53. The molecule has 106 valence electrons. The van der Waals surface area contributed by atoms with Gasteiger partial charge in [-0.1, -0.05) is 43.3 Å². The Kier molecular flexibility index (Phi) is 5.79. The van der Waals surface area contributed by atoms with Crippen LogP contribution in [0.4, 0.5) is 0 Å². The highest BCUT2D eigenvalue weighted by Crippen LogP contribution is 2.16. The van der Waals surface area contributed by atoms with Crippen molar-refractivity contribution in [2.45, 2.75) is 38.8 Å². The van der Waals surface area contributed by atoms with Gasteiger partial charge in [-0.25, -0.2) is 0 Å². The Hall–Kier alpha value is -1.59. The number of benzene rings is 1. The molecule has 1 aromatic carbocycles. The molecule has 0 spiro atoms. The van der Waals surface area contributed by atoms with Gasteiger partial charge in [0.1, 0.15) is 0 Å². The van der Waals surface area contributed by atoms with Gasteiger partial charge in [0.15, 0.2) is 5.84 Å². The van der Waals surface area contributed by atoms with Gasteiger partial charge in [-0.15, -0.1) is 0 Å². The first-order valence-corrected chi connectivity index (χ1v) is 6.54. The zero-order valence-electron chi connectivity index (χ0n) is 11.6. The molecule has 0 aliphatic carbocycles. The molecule has 19 heavy (non-hydrogen) atoms. The minimum absolute atomic E-state index is 0.0890. The van der Waals surface area contributed by atoms with Crippen molar-refractivity contribution < 1.29 is 10.3 Å². The number of hydrogen-bond donors (Lipinski definition) is 4. The predicted molar refractivity (Wildman–Crippen MR) is 76.2 cm³/mol. The fourth-order valence-electron chi connectivity index (χ4n) is 2.04. The molecule has 0 bridgehead atoms. The van der Waals surface area contributed by atoms with Crippen LogP contribution in [0.15, 0.2) is 29.4 Å². The van der Waals surface area contributed by atoms with E-state index in [9.17, 15) is 5.11 Å². The van der Waals surface area contributed by atoms with Crippen molar-refractivity contribution in [3.8, 4) is 0 Å². The lowest BCUT2D eigenvalue weighted by molar-refractivity contribution is 0.149. The molecule has 0 atom stereocenters. The van der Waals surface area contributed by atoms with Gasteiger partial charge in [0.25, 0.3) is 0 Å². The quantitative estimate of drug-likeness (QED) is 0.260. The smallest absolute Gasteiger partial charge is 0.170 e. The third-order valence-corrected chi connectivity index (χ3v) is 3.71. The van der Waals surface area contributed by atoms with Gasteiger partial charge in [-0.05, 0) is 18.4 Å². The molecule has 0 fully saturated rings. The van der Waals surface area contributed by atoms with Gasteiger partial charge in [-0.2, -0.15) is 0 Å². The van der Waals surface area contributed by atoms with Crippen LogP contribution in [0.2, 0.25) is 0 Å². The van der Waals surface area contributed by atoms with E-state index in [1.807, 2.05) is 38.1 Å². The second-order valence-corrected chi connectivity index (χ2v) is 4.64. The minimum Gasteiger partial charge on any atom is -0.409 e. The number of hydrogen-bond acceptors (Lipinski definition) is 4. The molecule has 5 nitrogen and oxygen atoms in total. The number of oxime groups is 1. The monoisotopic (exact) mass is 265 g/mol. The van der Waals surface area contributed by atoms with E-state index in [1.54, 1.807) is 0 Å². The summed E-state index contributed by atoms with van der Waals surface area (Å²) < 4.78 is 0. The fourth-order valence-corrected chi connectivity index (χ4v) is 2.04. The Bertz CT molecular complexity index is 420. The summed E-state index contributed by atoms with van der Waals surface area (Å²) in [6, 6.07) is 7.48. The Morgan fingerprint density at radius 3 is 2.47 bits per heavy atom. The fraction of sp³-hybridized carbons (Fsp3) is 0.500. The molecule has 1 rings (SSSR count). The minimum atomic E-state index is -0.280. The molecule has 0 heterocycles. The number of aliphatic hydroxyl groups is 1. The average Bonchev–Trinajstić information content (AvgIpc) is 2.49. The summed E-state index contributed by atoms with van der Waals surface area (Å²) in [5.41, 5.74) is 7.02. The van der Waals surface area contributed by atoms with Gasteiger partial charge in [-0.3, -0.25) is 0 Å². The standard InChI is InChI=1S/C14H23N3O2/c1-3-14(4-2,10-18)16-9-11-7-5-6-8-12(11)13(15)17-19/h5-8,16,18-19H,3-4,9-10H2,1-2H3,(H2,15,17). The van der Waals surface area contributed by atoms with Crippen LogP contribution < -0.4 is 11.1 Å². The van der Waals surface area contributed by atoms with E-state index in [1.165, 1.54) is 0 Å². The van der Waals surface area contributed by atoms with E-state index >= 15 is 0 Å². The molecule has 0 saturated carbocycles. The number of nitrogens with one attached hydrogen (secondary N) is 1. The normalized spacial score (nSPS) is 12.7. The summed E-state index contributed by atoms with van der Waals surface area (Å²) in [5, 5.41) is 24.7.